The van der Waals surface area contributed by atoms with E-state index in [1.165, 1.54) is 7.11 Å². The second-order valence-electron chi connectivity index (χ2n) is 7.23. The maximum Gasteiger partial charge on any atom is 0.350 e. The van der Waals surface area contributed by atoms with Gasteiger partial charge in [0.1, 0.15) is 17.2 Å². The van der Waals surface area contributed by atoms with Crippen molar-refractivity contribution in [2.75, 3.05) is 12.4 Å². The molecular formula is C19H22N4O3S. The van der Waals surface area contributed by atoms with Gasteiger partial charge in [-0.15, -0.1) is 0 Å². The lowest BCUT2D eigenvalue weighted by Gasteiger charge is -2.19. The van der Waals surface area contributed by atoms with Crippen LogP contribution in [0.15, 0.2) is 24.3 Å². The predicted octanol–water partition coefficient (Wildman–Crippen LogP) is 3.52. The zero-order valence-corrected chi connectivity index (χ0v) is 16.8. The van der Waals surface area contributed by atoms with Gasteiger partial charge in [-0.2, -0.15) is 0 Å². The number of carbonyl (C=O) groups is 2. The Morgan fingerprint density at radius 2 is 1.93 bits per heavy atom. The lowest BCUT2D eigenvalue weighted by molar-refractivity contribution is -0.116. The fourth-order valence-corrected chi connectivity index (χ4v) is 3.74. The van der Waals surface area contributed by atoms with Gasteiger partial charge in [-0.1, -0.05) is 44.2 Å². The molecule has 0 aliphatic heterocycles. The first-order valence-corrected chi connectivity index (χ1v) is 9.33. The molecule has 0 atom stereocenters. The number of rotatable bonds is 4. The number of esters is 1. The number of nitrogens with one attached hydrogen (secondary N) is 1. The summed E-state index contributed by atoms with van der Waals surface area (Å²) in [5.41, 5.74) is 2.08. The third-order valence-corrected chi connectivity index (χ3v) is 5.09. The van der Waals surface area contributed by atoms with Gasteiger partial charge in [0, 0.05) is 5.41 Å². The van der Waals surface area contributed by atoms with Gasteiger partial charge in [-0.05, 0) is 19.1 Å². The smallest absolute Gasteiger partial charge is 0.350 e. The first kappa shape index (κ1) is 19.0. The van der Waals surface area contributed by atoms with E-state index in [1.54, 1.807) is 6.92 Å². The minimum atomic E-state index is -0.457. The Balaban J connectivity index is 1.87. The van der Waals surface area contributed by atoms with E-state index in [9.17, 15) is 9.59 Å². The molecule has 3 rings (SSSR count). The zero-order valence-electron chi connectivity index (χ0n) is 16.0. The summed E-state index contributed by atoms with van der Waals surface area (Å²) in [4.78, 5) is 33.7. The number of aromatic nitrogens is 3. The molecule has 0 aliphatic carbocycles. The van der Waals surface area contributed by atoms with Gasteiger partial charge in [-0.25, -0.2) is 14.8 Å². The second-order valence-corrected chi connectivity index (χ2v) is 8.23. The number of methoxy groups -OCH3 is 1. The molecule has 0 saturated carbocycles. The summed E-state index contributed by atoms with van der Waals surface area (Å²) in [6.07, 6.45) is 0. The third kappa shape index (κ3) is 3.85. The molecule has 0 spiro atoms. The van der Waals surface area contributed by atoms with Crippen molar-refractivity contribution in [1.29, 1.82) is 0 Å². The highest BCUT2D eigenvalue weighted by molar-refractivity contribution is 7.17. The van der Waals surface area contributed by atoms with Crippen LogP contribution in [-0.2, 0) is 21.5 Å². The number of fused-ring (bicyclic) bond motifs is 1. The molecular weight excluding hydrogens is 364 g/mol. The monoisotopic (exact) mass is 386 g/mol. The molecule has 0 saturated heterocycles. The Kier molecular flexibility index (Phi) is 5.01. The molecule has 0 bridgehead atoms. The van der Waals surface area contributed by atoms with Crippen molar-refractivity contribution >= 4 is 39.4 Å². The normalized spacial score (nSPS) is 11.6. The number of para-hydroxylation sites is 2. The lowest BCUT2D eigenvalue weighted by atomic mass is 9.95. The number of anilines is 1. The van der Waals surface area contributed by atoms with Crippen molar-refractivity contribution in [2.45, 2.75) is 39.7 Å². The topological polar surface area (TPSA) is 86.1 Å². The highest BCUT2D eigenvalue weighted by Crippen LogP contribution is 2.27. The lowest BCUT2D eigenvalue weighted by Crippen LogP contribution is -2.25. The highest BCUT2D eigenvalue weighted by atomic mass is 32.1. The van der Waals surface area contributed by atoms with Crippen molar-refractivity contribution in [1.82, 2.24) is 14.5 Å². The van der Waals surface area contributed by atoms with E-state index < -0.39 is 5.97 Å². The molecule has 8 heteroatoms. The molecule has 0 aliphatic rings. The average Bonchev–Trinajstić information content (AvgIpc) is 3.15. The highest BCUT2D eigenvalue weighted by Gasteiger charge is 2.24. The number of ether oxygens (including phenoxy) is 1. The summed E-state index contributed by atoms with van der Waals surface area (Å²) >= 11 is 1.10. The molecule has 142 valence electrons. The van der Waals surface area contributed by atoms with E-state index in [2.05, 4.69) is 31.1 Å². The first-order valence-electron chi connectivity index (χ1n) is 8.52. The van der Waals surface area contributed by atoms with Gasteiger partial charge >= 0.3 is 5.97 Å². The molecule has 1 N–H and O–H groups in total. The molecule has 2 heterocycles. The minimum absolute atomic E-state index is 0.110. The Morgan fingerprint density at radius 3 is 2.59 bits per heavy atom. The Morgan fingerprint density at radius 1 is 1.22 bits per heavy atom. The first-order chi connectivity index (χ1) is 12.7. The van der Waals surface area contributed by atoms with Crippen LogP contribution in [0, 0.1) is 6.92 Å². The van der Waals surface area contributed by atoms with Crippen LogP contribution in [0.25, 0.3) is 11.0 Å². The number of hydrogen-bond acceptors (Lipinski definition) is 6. The molecule has 0 fully saturated rings. The van der Waals surface area contributed by atoms with Crippen LogP contribution in [0.1, 0.15) is 42.0 Å². The number of thiazole rings is 1. The number of hydrogen-bond donors (Lipinski definition) is 1. The van der Waals surface area contributed by atoms with Crippen LogP contribution in [-0.4, -0.2) is 33.5 Å². The Hall–Kier alpha value is -2.74. The molecule has 0 radical (unpaired) electrons. The predicted molar refractivity (Wildman–Crippen MR) is 105 cm³/mol. The summed E-state index contributed by atoms with van der Waals surface area (Å²) in [5.74, 6) is 0.152. The van der Waals surface area contributed by atoms with Crippen LogP contribution >= 0.6 is 11.3 Å². The summed E-state index contributed by atoms with van der Waals surface area (Å²) in [6.45, 7) is 8.01. The van der Waals surface area contributed by atoms with Crippen LogP contribution < -0.4 is 5.32 Å². The molecule has 27 heavy (non-hydrogen) atoms. The van der Waals surface area contributed by atoms with Gasteiger partial charge in [0.25, 0.3) is 0 Å². The molecule has 7 nitrogen and oxygen atoms in total. The van der Waals surface area contributed by atoms with Crippen LogP contribution in [0.4, 0.5) is 5.13 Å². The number of imidazole rings is 1. The van der Waals surface area contributed by atoms with E-state index in [-0.39, 0.29) is 17.9 Å². The summed E-state index contributed by atoms with van der Waals surface area (Å²) in [5, 5.41) is 3.15. The molecule has 2 aromatic heterocycles. The second kappa shape index (κ2) is 7.11. The van der Waals surface area contributed by atoms with Crippen LogP contribution in [0.2, 0.25) is 0 Å². The van der Waals surface area contributed by atoms with Crippen molar-refractivity contribution in [3.63, 3.8) is 0 Å². The summed E-state index contributed by atoms with van der Waals surface area (Å²) < 4.78 is 6.65. The van der Waals surface area contributed by atoms with Crippen molar-refractivity contribution in [3.8, 4) is 0 Å². The van der Waals surface area contributed by atoms with E-state index in [1.807, 2.05) is 28.8 Å². The Labute approximate surface area is 161 Å². The quantitative estimate of drug-likeness (QED) is 0.693. The summed E-state index contributed by atoms with van der Waals surface area (Å²) in [6, 6.07) is 7.75. The van der Waals surface area contributed by atoms with Crippen molar-refractivity contribution < 1.29 is 14.3 Å². The van der Waals surface area contributed by atoms with Gasteiger partial charge < -0.3 is 14.6 Å². The van der Waals surface area contributed by atoms with Gasteiger partial charge in [0.15, 0.2) is 5.13 Å². The fraction of sp³-hybridized carbons (Fsp3) is 0.368. The molecule has 3 aromatic rings. The van der Waals surface area contributed by atoms with Crippen LogP contribution in [0.3, 0.4) is 0 Å². The van der Waals surface area contributed by atoms with Gasteiger partial charge in [-0.3, -0.25) is 4.79 Å². The van der Waals surface area contributed by atoms with E-state index in [0.717, 1.165) is 28.2 Å². The summed E-state index contributed by atoms with van der Waals surface area (Å²) in [7, 11) is 1.32. The molecule has 0 unspecified atom stereocenters. The van der Waals surface area contributed by atoms with E-state index in [4.69, 9.17) is 9.72 Å². The standard InChI is InChI=1S/C19H22N4O3S/c1-11-15(16(25)26-5)27-18(20-11)22-14(24)10-23-13-9-7-6-8-12(13)21-17(23)19(2,3)4/h6-9H,10H2,1-5H3,(H,20,22,24). The van der Waals surface area contributed by atoms with Crippen LogP contribution in [0.5, 0.6) is 0 Å². The number of amides is 1. The van der Waals surface area contributed by atoms with E-state index in [0.29, 0.717) is 15.7 Å². The number of aryl methyl sites for hydroxylation is 1. The van der Waals surface area contributed by atoms with E-state index >= 15 is 0 Å². The third-order valence-electron chi connectivity index (χ3n) is 4.04. The molecule has 1 amide bonds. The fourth-order valence-electron chi connectivity index (χ4n) is 2.84. The minimum Gasteiger partial charge on any atom is -0.465 e. The number of benzene rings is 1. The zero-order chi connectivity index (χ0) is 19.8. The SMILES string of the molecule is COC(=O)c1sc(NC(=O)Cn2c(C(C)(C)C)nc3ccccc32)nc1C. The van der Waals surface area contributed by atoms with Crippen molar-refractivity contribution in [2.24, 2.45) is 0 Å². The average molecular weight is 386 g/mol. The van der Waals surface area contributed by atoms with Gasteiger partial charge in [0.2, 0.25) is 5.91 Å². The largest absolute Gasteiger partial charge is 0.465 e. The number of carbonyl (C=O) groups excluding carboxylic acids is 2. The maximum atomic E-state index is 12.7. The maximum absolute atomic E-state index is 12.7. The number of nitrogens with zero attached hydrogens (tertiary/aromatic N) is 3. The van der Waals surface area contributed by atoms with Crippen molar-refractivity contribution in [3.05, 3.63) is 40.7 Å². The molecule has 1 aromatic carbocycles. The van der Waals surface area contributed by atoms with Gasteiger partial charge in [0.05, 0.1) is 23.8 Å². The Bertz CT molecular complexity index is 1010.